The van der Waals surface area contributed by atoms with Crippen molar-refractivity contribution in [3.63, 3.8) is 0 Å². The van der Waals surface area contributed by atoms with Crippen LogP contribution in [0.25, 0.3) is 11.3 Å². The Bertz CT molecular complexity index is 420. The zero-order valence-electron chi connectivity index (χ0n) is 7.32. The van der Waals surface area contributed by atoms with Gasteiger partial charge in [-0.2, -0.15) is 4.37 Å². The van der Waals surface area contributed by atoms with Crippen LogP contribution in [0.1, 0.15) is 5.56 Å². The molecule has 0 spiro atoms. The Morgan fingerprint density at radius 1 is 1.31 bits per heavy atom. The maximum Gasteiger partial charge on any atom is 0.107 e. The van der Waals surface area contributed by atoms with E-state index in [0.29, 0.717) is 0 Å². The van der Waals surface area contributed by atoms with E-state index in [1.54, 1.807) is 0 Å². The van der Waals surface area contributed by atoms with Crippen molar-refractivity contribution in [2.24, 2.45) is 0 Å². The molecular weight excluding hydrogens is 180 g/mol. The summed E-state index contributed by atoms with van der Waals surface area (Å²) in [5.41, 5.74) is 8.95. The predicted molar refractivity (Wildman–Crippen MR) is 56.7 cm³/mol. The fourth-order valence-corrected chi connectivity index (χ4v) is 1.76. The molecule has 0 atom stereocenters. The van der Waals surface area contributed by atoms with E-state index in [9.17, 15) is 0 Å². The summed E-state index contributed by atoms with van der Waals surface area (Å²) in [5, 5.41) is 0.761. The van der Waals surface area contributed by atoms with Gasteiger partial charge in [0, 0.05) is 11.6 Å². The molecule has 1 aromatic heterocycles. The highest BCUT2D eigenvalue weighted by molar-refractivity contribution is 7.10. The average Bonchev–Trinajstić information content (AvgIpc) is 2.52. The summed E-state index contributed by atoms with van der Waals surface area (Å²) >= 11 is 1.33. The van der Waals surface area contributed by atoms with Crippen molar-refractivity contribution >= 4 is 16.5 Å². The number of nitrogen functional groups attached to an aromatic ring is 1. The van der Waals surface area contributed by atoms with Gasteiger partial charge in [0.15, 0.2) is 0 Å². The monoisotopic (exact) mass is 190 g/mol. The van der Waals surface area contributed by atoms with Crippen LogP contribution >= 0.6 is 11.5 Å². The molecule has 0 aliphatic carbocycles. The minimum Gasteiger partial charge on any atom is -0.389 e. The summed E-state index contributed by atoms with van der Waals surface area (Å²) in [6.07, 6.45) is 0. The van der Waals surface area contributed by atoms with Gasteiger partial charge in [-0.25, -0.2) is 0 Å². The first-order valence-corrected chi connectivity index (χ1v) is 4.82. The highest BCUT2D eigenvalue weighted by Crippen LogP contribution is 2.23. The number of hydrogen-bond donors (Lipinski definition) is 1. The van der Waals surface area contributed by atoms with Crippen molar-refractivity contribution in [2.75, 3.05) is 5.73 Å². The Balaban J connectivity index is 2.46. The van der Waals surface area contributed by atoms with E-state index < -0.39 is 0 Å². The first-order valence-electron chi connectivity index (χ1n) is 4.05. The van der Waals surface area contributed by atoms with Gasteiger partial charge in [0.05, 0.1) is 5.69 Å². The van der Waals surface area contributed by atoms with Crippen LogP contribution in [0.15, 0.2) is 30.3 Å². The number of nitrogens with zero attached hydrogens (tertiary/aromatic N) is 1. The minimum absolute atomic E-state index is 0.761. The molecule has 0 radical (unpaired) electrons. The second-order valence-electron chi connectivity index (χ2n) is 2.98. The summed E-state index contributed by atoms with van der Waals surface area (Å²) in [7, 11) is 0. The zero-order valence-corrected chi connectivity index (χ0v) is 8.14. The van der Waals surface area contributed by atoms with Crippen LogP contribution in [0.3, 0.4) is 0 Å². The molecule has 1 heterocycles. The van der Waals surface area contributed by atoms with Gasteiger partial charge >= 0.3 is 0 Å². The van der Waals surface area contributed by atoms with Crippen molar-refractivity contribution < 1.29 is 0 Å². The molecular formula is C10H10N2S. The van der Waals surface area contributed by atoms with Gasteiger partial charge in [-0.3, -0.25) is 0 Å². The Hall–Kier alpha value is -1.35. The molecule has 0 unspecified atom stereocenters. The molecule has 1 aromatic carbocycles. The fourth-order valence-electron chi connectivity index (χ4n) is 1.23. The Labute approximate surface area is 81.2 Å². The van der Waals surface area contributed by atoms with Crippen LogP contribution in [0.2, 0.25) is 0 Å². The maximum absolute atomic E-state index is 5.61. The molecule has 0 aliphatic rings. The smallest absolute Gasteiger partial charge is 0.107 e. The number of rotatable bonds is 1. The Kier molecular flexibility index (Phi) is 2.02. The molecule has 2 N–H and O–H groups in total. The lowest BCUT2D eigenvalue weighted by atomic mass is 10.1. The Morgan fingerprint density at radius 3 is 2.77 bits per heavy atom. The summed E-state index contributed by atoms with van der Waals surface area (Å²) in [6.45, 7) is 2.07. The summed E-state index contributed by atoms with van der Waals surface area (Å²) in [5.74, 6) is 0. The average molecular weight is 190 g/mol. The molecule has 0 saturated carbocycles. The zero-order chi connectivity index (χ0) is 9.26. The van der Waals surface area contributed by atoms with Crippen LogP contribution < -0.4 is 5.73 Å². The number of anilines is 1. The van der Waals surface area contributed by atoms with Crippen molar-refractivity contribution in [3.05, 3.63) is 35.9 Å². The molecule has 0 bridgehead atoms. The second-order valence-corrected chi connectivity index (χ2v) is 3.82. The predicted octanol–water partition coefficient (Wildman–Crippen LogP) is 2.70. The lowest BCUT2D eigenvalue weighted by molar-refractivity contribution is 1.44. The number of benzene rings is 1. The van der Waals surface area contributed by atoms with Crippen LogP contribution in [-0.2, 0) is 0 Å². The van der Waals surface area contributed by atoms with Gasteiger partial charge in [-0.15, -0.1) is 0 Å². The highest BCUT2D eigenvalue weighted by atomic mass is 32.1. The number of nitrogens with two attached hydrogens (primary N) is 1. The third-order valence-electron chi connectivity index (χ3n) is 1.84. The molecule has 2 rings (SSSR count). The van der Waals surface area contributed by atoms with Gasteiger partial charge in [0.2, 0.25) is 0 Å². The largest absolute Gasteiger partial charge is 0.389 e. The first kappa shape index (κ1) is 8.26. The lowest BCUT2D eigenvalue weighted by Crippen LogP contribution is -1.78. The normalized spacial score (nSPS) is 10.2. The number of hydrogen-bond acceptors (Lipinski definition) is 3. The quantitative estimate of drug-likeness (QED) is 0.751. The Morgan fingerprint density at radius 2 is 2.15 bits per heavy atom. The second kappa shape index (κ2) is 3.18. The van der Waals surface area contributed by atoms with E-state index in [1.807, 2.05) is 18.2 Å². The van der Waals surface area contributed by atoms with Crippen LogP contribution in [-0.4, -0.2) is 4.37 Å². The van der Waals surface area contributed by atoms with Crippen LogP contribution in [0, 0.1) is 6.92 Å². The molecule has 3 heteroatoms. The van der Waals surface area contributed by atoms with Crippen molar-refractivity contribution in [3.8, 4) is 11.3 Å². The van der Waals surface area contributed by atoms with Gasteiger partial charge in [-0.1, -0.05) is 23.8 Å². The molecule has 66 valence electrons. The van der Waals surface area contributed by atoms with Gasteiger partial charge in [0.25, 0.3) is 0 Å². The molecule has 0 fully saturated rings. The third kappa shape index (κ3) is 1.70. The van der Waals surface area contributed by atoms with Gasteiger partial charge < -0.3 is 5.73 Å². The topological polar surface area (TPSA) is 38.9 Å². The molecule has 2 aromatic rings. The molecule has 0 amide bonds. The third-order valence-corrected chi connectivity index (χ3v) is 2.46. The summed E-state index contributed by atoms with van der Waals surface area (Å²) in [6, 6.07) is 10.1. The van der Waals surface area contributed by atoms with E-state index in [0.717, 1.165) is 16.3 Å². The highest BCUT2D eigenvalue weighted by Gasteiger charge is 2.01. The SMILES string of the molecule is Cc1cccc(-c2cc(N)sn2)c1. The minimum atomic E-state index is 0.761. The first-order chi connectivity index (χ1) is 6.25. The van der Waals surface area contributed by atoms with Crippen LogP contribution in [0.4, 0.5) is 5.00 Å². The van der Waals surface area contributed by atoms with E-state index in [-0.39, 0.29) is 0 Å². The van der Waals surface area contributed by atoms with Crippen molar-refractivity contribution in [1.29, 1.82) is 0 Å². The van der Waals surface area contributed by atoms with Crippen LogP contribution in [0.5, 0.6) is 0 Å². The van der Waals surface area contributed by atoms with E-state index in [2.05, 4.69) is 23.4 Å². The van der Waals surface area contributed by atoms with Crippen molar-refractivity contribution in [2.45, 2.75) is 6.92 Å². The molecule has 0 aliphatic heterocycles. The number of aryl methyl sites for hydroxylation is 1. The van der Waals surface area contributed by atoms with Crippen molar-refractivity contribution in [1.82, 2.24) is 4.37 Å². The number of aromatic nitrogens is 1. The lowest BCUT2D eigenvalue weighted by Gasteiger charge is -1.96. The molecule has 0 saturated heterocycles. The summed E-state index contributed by atoms with van der Waals surface area (Å²) in [4.78, 5) is 0. The van der Waals surface area contributed by atoms with Gasteiger partial charge in [0.1, 0.15) is 5.00 Å². The van der Waals surface area contributed by atoms with E-state index in [1.165, 1.54) is 17.1 Å². The molecule has 2 nitrogen and oxygen atoms in total. The van der Waals surface area contributed by atoms with E-state index >= 15 is 0 Å². The maximum atomic E-state index is 5.61. The van der Waals surface area contributed by atoms with E-state index in [4.69, 9.17) is 5.73 Å². The van der Waals surface area contributed by atoms with Gasteiger partial charge in [-0.05, 0) is 24.5 Å². The standard InChI is InChI=1S/C10H10N2S/c1-7-3-2-4-8(5-7)9-6-10(11)13-12-9/h2-6H,11H2,1H3. The fraction of sp³-hybridized carbons (Fsp3) is 0.100. The molecule has 13 heavy (non-hydrogen) atoms. The summed E-state index contributed by atoms with van der Waals surface area (Å²) < 4.78 is 4.24.